The Morgan fingerprint density at radius 2 is 1.68 bits per heavy atom. The molecule has 1 aliphatic rings. The van der Waals surface area contributed by atoms with Gasteiger partial charge in [0.2, 0.25) is 0 Å². The first-order chi connectivity index (χ1) is 18.8. The quantitative estimate of drug-likeness (QED) is 0.360. The van der Waals surface area contributed by atoms with E-state index in [1.165, 1.54) is 6.20 Å². The summed E-state index contributed by atoms with van der Waals surface area (Å²) in [6.45, 7) is 9.63. The summed E-state index contributed by atoms with van der Waals surface area (Å²) in [6.07, 6.45) is 4.08. The molecule has 0 aliphatic heterocycles. The molecule has 0 bridgehead atoms. The Bertz CT molecular complexity index is 1390. The second-order valence-electron chi connectivity index (χ2n) is 11.3. The minimum Gasteiger partial charge on any atom is -0.444 e. The molecule has 1 aromatic carbocycles. The van der Waals surface area contributed by atoms with Crippen LogP contribution in [0.5, 0.6) is 0 Å². The molecule has 2 aromatic heterocycles. The van der Waals surface area contributed by atoms with Crippen molar-refractivity contribution in [3.63, 3.8) is 0 Å². The average molecular weight is 555 g/mol. The van der Waals surface area contributed by atoms with Crippen molar-refractivity contribution in [3.05, 3.63) is 77.5 Å². The van der Waals surface area contributed by atoms with Gasteiger partial charge in [-0.3, -0.25) is 9.78 Å². The van der Waals surface area contributed by atoms with Crippen LogP contribution in [-0.2, 0) is 4.74 Å². The van der Waals surface area contributed by atoms with Crippen LogP contribution in [0.15, 0.2) is 48.8 Å². The van der Waals surface area contributed by atoms with Crippen LogP contribution < -0.4 is 10.6 Å². The summed E-state index contributed by atoms with van der Waals surface area (Å²) in [5, 5.41) is 5.78. The number of hydrogen-bond donors (Lipinski definition) is 2. The van der Waals surface area contributed by atoms with Gasteiger partial charge in [0, 0.05) is 12.2 Å². The Morgan fingerprint density at radius 3 is 2.35 bits per heavy atom. The molecule has 0 radical (unpaired) electrons. The summed E-state index contributed by atoms with van der Waals surface area (Å²) in [7, 11) is 0. The van der Waals surface area contributed by atoms with Crippen LogP contribution >= 0.6 is 0 Å². The molecule has 40 heavy (non-hydrogen) atoms. The number of alkyl carbamates (subject to hydrolysis) is 1. The van der Waals surface area contributed by atoms with E-state index < -0.39 is 46.3 Å². The molecule has 0 unspecified atom stereocenters. The molecule has 4 rings (SSSR count). The van der Waals surface area contributed by atoms with Crippen LogP contribution in [0.1, 0.15) is 69.4 Å². The Morgan fingerprint density at radius 1 is 0.975 bits per heavy atom. The molecule has 7 nitrogen and oxygen atoms in total. The van der Waals surface area contributed by atoms with Crippen LogP contribution in [0.3, 0.4) is 0 Å². The molecule has 4 atom stereocenters. The number of hydrogen-bond acceptors (Lipinski definition) is 5. The van der Waals surface area contributed by atoms with Crippen LogP contribution in [0.2, 0.25) is 0 Å². The molecule has 1 fully saturated rings. The second-order valence-corrected chi connectivity index (χ2v) is 11.3. The van der Waals surface area contributed by atoms with Gasteiger partial charge in [0.1, 0.15) is 34.4 Å². The van der Waals surface area contributed by atoms with Gasteiger partial charge < -0.3 is 15.4 Å². The zero-order valence-corrected chi connectivity index (χ0v) is 23.1. The fraction of sp³-hybridized carbons (Fsp3) is 0.400. The average Bonchev–Trinajstić information content (AvgIpc) is 2.86. The van der Waals surface area contributed by atoms with E-state index in [1.54, 1.807) is 27.0 Å². The predicted octanol–water partition coefficient (Wildman–Crippen LogP) is 6.86. The third kappa shape index (κ3) is 6.60. The molecular formula is C30H33F3N4O3. The third-order valence-corrected chi connectivity index (χ3v) is 7.25. The lowest BCUT2D eigenvalue weighted by atomic mass is 9.70. The molecule has 2 N–H and O–H groups in total. The second kappa shape index (κ2) is 11.7. The molecule has 2 heterocycles. The smallest absolute Gasteiger partial charge is 0.407 e. The summed E-state index contributed by atoms with van der Waals surface area (Å²) < 4.78 is 48.6. The molecule has 1 saturated carbocycles. The van der Waals surface area contributed by atoms with E-state index in [9.17, 15) is 22.8 Å². The molecule has 2 amide bonds. The van der Waals surface area contributed by atoms with Gasteiger partial charge in [-0.1, -0.05) is 19.9 Å². The summed E-state index contributed by atoms with van der Waals surface area (Å²) in [5.74, 6) is -3.20. The van der Waals surface area contributed by atoms with Crippen molar-refractivity contribution in [2.24, 2.45) is 11.8 Å². The van der Waals surface area contributed by atoms with E-state index in [0.29, 0.717) is 12.1 Å². The monoisotopic (exact) mass is 554 g/mol. The number of pyridine rings is 2. The largest absolute Gasteiger partial charge is 0.444 e. The zero-order chi connectivity index (χ0) is 29.2. The molecule has 1 aliphatic carbocycles. The third-order valence-electron chi connectivity index (χ3n) is 7.25. The number of nitrogens with one attached hydrogen (secondary N) is 2. The van der Waals surface area contributed by atoms with Gasteiger partial charge in [-0.15, -0.1) is 0 Å². The van der Waals surface area contributed by atoms with Crippen LogP contribution in [0.4, 0.5) is 23.7 Å². The highest BCUT2D eigenvalue weighted by atomic mass is 19.1. The van der Waals surface area contributed by atoms with Crippen molar-refractivity contribution in [1.29, 1.82) is 0 Å². The fourth-order valence-corrected chi connectivity index (χ4v) is 5.10. The number of rotatable bonds is 5. The summed E-state index contributed by atoms with van der Waals surface area (Å²) >= 11 is 0. The maximum absolute atomic E-state index is 14.5. The van der Waals surface area contributed by atoms with Gasteiger partial charge in [-0.05, 0) is 87.3 Å². The minimum atomic E-state index is -0.992. The molecule has 3 aromatic rings. The maximum atomic E-state index is 14.5. The van der Waals surface area contributed by atoms with Gasteiger partial charge in [0.15, 0.2) is 0 Å². The molecular weight excluding hydrogens is 521 g/mol. The van der Waals surface area contributed by atoms with Crippen LogP contribution in [-0.4, -0.2) is 33.6 Å². The van der Waals surface area contributed by atoms with Crippen LogP contribution in [0, 0.1) is 29.3 Å². The lowest BCUT2D eigenvalue weighted by Gasteiger charge is -2.40. The lowest BCUT2D eigenvalue weighted by molar-refractivity contribution is 0.0448. The first kappa shape index (κ1) is 29.0. The maximum Gasteiger partial charge on any atom is 0.407 e. The number of aromatic nitrogens is 2. The number of carbonyl (C=O) groups is 2. The first-order valence-corrected chi connectivity index (χ1v) is 13.2. The number of halogens is 3. The van der Waals surface area contributed by atoms with E-state index in [4.69, 9.17) is 4.74 Å². The summed E-state index contributed by atoms with van der Waals surface area (Å²) in [4.78, 5) is 33.8. The van der Waals surface area contributed by atoms with Crippen molar-refractivity contribution >= 4 is 17.7 Å². The number of nitrogens with zero attached hydrogens (tertiary/aromatic N) is 2. The number of amides is 2. The van der Waals surface area contributed by atoms with E-state index in [1.807, 2.05) is 6.07 Å². The van der Waals surface area contributed by atoms with Gasteiger partial charge in [0.25, 0.3) is 5.91 Å². The summed E-state index contributed by atoms with van der Waals surface area (Å²) in [6, 6.07) is 6.89. The van der Waals surface area contributed by atoms with Crippen molar-refractivity contribution in [1.82, 2.24) is 15.3 Å². The number of anilines is 1. The van der Waals surface area contributed by atoms with E-state index in [-0.39, 0.29) is 29.5 Å². The van der Waals surface area contributed by atoms with Crippen molar-refractivity contribution in [2.45, 2.75) is 65.0 Å². The van der Waals surface area contributed by atoms with E-state index >= 15 is 0 Å². The van der Waals surface area contributed by atoms with E-state index in [2.05, 4.69) is 34.4 Å². The Hall–Kier alpha value is -3.95. The molecule has 0 spiro atoms. The fourth-order valence-electron chi connectivity index (χ4n) is 5.10. The van der Waals surface area contributed by atoms with Crippen molar-refractivity contribution < 1.29 is 27.5 Å². The number of benzene rings is 1. The summed E-state index contributed by atoms with van der Waals surface area (Å²) in [5.41, 5.74) is -0.835. The number of carbonyl (C=O) groups excluding carboxylic acids is 2. The highest BCUT2D eigenvalue weighted by molar-refractivity contribution is 6.03. The molecule has 10 heteroatoms. The number of ether oxygens (including phenoxy) is 1. The lowest BCUT2D eigenvalue weighted by Crippen LogP contribution is -2.47. The van der Waals surface area contributed by atoms with Gasteiger partial charge in [-0.25, -0.2) is 22.9 Å². The van der Waals surface area contributed by atoms with E-state index in [0.717, 1.165) is 42.3 Å². The Labute approximate surface area is 231 Å². The van der Waals surface area contributed by atoms with Gasteiger partial charge in [0.05, 0.1) is 17.4 Å². The molecule has 0 saturated heterocycles. The SMILES string of the molecule is C[C@H]1[C@@H](C)C[C@@H](c2ccncc2NC(=O)c2ccc(F)c(-c3c(F)cccc3F)n2)C[C@H]1NC(=O)OC(C)(C)C. The Kier molecular flexibility index (Phi) is 8.46. The standard InChI is InChI=1S/C30H33F3N4O3/c1-16-13-18(14-24(17(16)2)37-29(39)40-30(3,4)5)19-11-12-34-15-25(19)36-28(38)23-10-9-22(33)27(35-23)26-20(31)7-6-8-21(26)32/h6-12,15-18,24H,13-14H2,1-5H3,(H,36,38)(H,37,39)/t16-,17-,18+,24+/m0/s1. The predicted molar refractivity (Wildman–Crippen MR) is 145 cm³/mol. The highest BCUT2D eigenvalue weighted by Gasteiger charge is 2.36. The first-order valence-electron chi connectivity index (χ1n) is 13.2. The van der Waals surface area contributed by atoms with Crippen molar-refractivity contribution in [3.8, 4) is 11.3 Å². The topological polar surface area (TPSA) is 93.2 Å². The van der Waals surface area contributed by atoms with Crippen LogP contribution in [0.25, 0.3) is 11.3 Å². The Balaban J connectivity index is 1.57. The minimum absolute atomic E-state index is 0.0197. The molecule has 212 valence electrons. The highest BCUT2D eigenvalue weighted by Crippen LogP contribution is 2.41. The normalized spacial score (nSPS) is 21.0. The zero-order valence-electron chi connectivity index (χ0n) is 23.1. The van der Waals surface area contributed by atoms with Crippen molar-refractivity contribution in [2.75, 3.05) is 5.32 Å². The van der Waals surface area contributed by atoms with Gasteiger partial charge in [-0.2, -0.15) is 0 Å². The van der Waals surface area contributed by atoms with Gasteiger partial charge >= 0.3 is 6.09 Å².